The molecule has 6 heterocycles. The van der Waals surface area contributed by atoms with Crippen LogP contribution in [-0.2, 0) is 66.7 Å². The topological polar surface area (TPSA) is 257 Å². The van der Waals surface area contributed by atoms with Crippen molar-refractivity contribution in [3.05, 3.63) is 47.6 Å². The van der Waals surface area contributed by atoms with E-state index in [9.17, 15) is 49.2 Å². The first-order valence-electron chi connectivity index (χ1n) is 23.7. The van der Waals surface area contributed by atoms with Crippen LogP contribution in [0.15, 0.2) is 47.6 Å². The lowest BCUT2D eigenvalue weighted by atomic mass is 9.75. The van der Waals surface area contributed by atoms with Gasteiger partial charge in [-0.05, 0) is 67.2 Å². The first kappa shape index (κ1) is 54.5. The molecule has 0 aromatic rings. The van der Waals surface area contributed by atoms with E-state index < -0.39 is 143 Å². The summed E-state index contributed by atoms with van der Waals surface area (Å²) in [5, 5.41) is 46.4. The van der Waals surface area contributed by atoms with Crippen molar-refractivity contribution in [2.24, 2.45) is 35.5 Å². The fourth-order valence-corrected chi connectivity index (χ4v) is 9.91. The van der Waals surface area contributed by atoms with Gasteiger partial charge in [-0.1, -0.05) is 66.9 Å². The van der Waals surface area contributed by atoms with Crippen molar-refractivity contribution in [2.75, 3.05) is 0 Å². The maximum atomic E-state index is 12.8. The van der Waals surface area contributed by atoms with E-state index in [2.05, 4.69) is 13.2 Å². The van der Waals surface area contributed by atoms with Crippen LogP contribution < -0.4 is 0 Å². The Labute approximate surface area is 398 Å². The zero-order chi connectivity index (χ0) is 51.2. The van der Waals surface area contributed by atoms with Crippen molar-refractivity contribution >= 4 is 35.8 Å². The number of allylic oxidation sites excluding steroid dienone is 2. The number of hydrogen-bond donors (Lipinski definition) is 4. The molecule has 6 saturated heterocycles. The lowest BCUT2D eigenvalue weighted by Crippen LogP contribution is -2.58. The number of carbonyl (C=O) groups excluding carboxylic acids is 6. The molecule has 0 unspecified atom stereocenters. The number of carbonyl (C=O) groups is 6. The predicted molar refractivity (Wildman–Crippen MR) is 240 cm³/mol. The van der Waals surface area contributed by atoms with Crippen molar-refractivity contribution in [3.8, 4) is 0 Å². The molecule has 380 valence electrons. The molecular formula is C50H72O18. The van der Waals surface area contributed by atoms with Gasteiger partial charge in [0.1, 0.15) is 11.2 Å². The summed E-state index contributed by atoms with van der Waals surface area (Å²) >= 11 is 0. The van der Waals surface area contributed by atoms with E-state index >= 15 is 0 Å². The molecule has 6 fully saturated rings. The Bertz CT molecular complexity index is 1930. The van der Waals surface area contributed by atoms with Gasteiger partial charge < -0.3 is 58.3 Å². The minimum Gasteiger partial charge on any atom is -0.455 e. The van der Waals surface area contributed by atoms with E-state index in [4.69, 9.17) is 37.9 Å². The third kappa shape index (κ3) is 10.4. The number of esters is 6. The molecule has 18 atom stereocenters. The van der Waals surface area contributed by atoms with Crippen LogP contribution in [0, 0.1) is 35.5 Å². The highest BCUT2D eigenvalue weighted by atomic mass is 16.7. The second-order valence-electron chi connectivity index (χ2n) is 20.2. The van der Waals surface area contributed by atoms with Gasteiger partial charge >= 0.3 is 35.8 Å². The van der Waals surface area contributed by atoms with Gasteiger partial charge in [-0.3, -0.25) is 9.59 Å². The van der Waals surface area contributed by atoms with Crippen molar-refractivity contribution in [1.82, 2.24) is 0 Å². The molecule has 0 radical (unpaired) electrons. The molecule has 6 aliphatic rings. The number of aliphatic hydroxyl groups is 4. The Morgan fingerprint density at radius 1 is 0.647 bits per heavy atom. The second-order valence-corrected chi connectivity index (χ2v) is 20.2. The van der Waals surface area contributed by atoms with Crippen molar-refractivity contribution in [3.63, 3.8) is 0 Å². The molecule has 4 N–H and O–H groups in total. The lowest BCUT2D eigenvalue weighted by molar-refractivity contribution is -0.277. The molecule has 0 aliphatic carbocycles. The summed E-state index contributed by atoms with van der Waals surface area (Å²) in [7, 11) is 0. The summed E-state index contributed by atoms with van der Waals surface area (Å²) in [4.78, 5) is 76.5. The first-order chi connectivity index (χ1) is 31.5. The number of fused-ring (bicyclic) bond motifs is 6. The van der Waals surface area contributed by atoms with Crippen LogP contribution in [0.1, 0.15) is 122 Å². The van der Waals surface area contributed by atoms with Crippen molar-refractivity contribution < 1.29 is 87.1 Å². The minimum absolute atomic E-state index is 0.0000930. The van der Waals surface area contributed by atoms with Gasteiger partial charge in [0.2, 0.25) is 11.6 Å². The van der Waals surface area contributed by atoms with E-state index in [1.807, 2.05) is 13.8 Å². The fraction of sp³-hybridized carbons (Fsp3) is 0.720. The highest BCUT2D eigenvalue weighted by Crippen LogP contribution is 2.52. The van der Waals surface area contributed by atoms with E-state index in [1.165, 1.54) is 13.8 Å². The van der Waals surface area contributed by atoms with E-state index in [-0.39, 0.29) is 24.0 Å². The summed E-state index contributed by atoms with van der Waals surface area (Å²) in [6.07, 6.45) is -4.24. The quantitative estimate of drug-likeness (QED) is 0.135. The van der Waals surface area contributed by atoms with Crippen molar-refractivity contribution in [2.45, 2.75) is 193 Å². The average Bonchev–Trinajstić information content (AvgIpc) is 3.94. The SMILES string of the molecule is C=C1C(=O)O[C@H]2[C@H]1[C@@H](OC(=O)/C(C)=C\C)[C@]1(O)O[C@@H](C[C@H]1C)C[C@](C)(O)[C@@H]2OC(=O)[C@H](C)CC.C=C1C(=O)O[C@H]2[C@H]1[C@@H](OC(=O)/C(C)=C\C)[C@]1(O)O[C@@H](C[C@H]1C)C[C@](C)(O)[C@@H]2OC(=O)[C@H](C)CC. The number of ether oxygens (including phenoxy) is 8. The monoisotopic (exact) mass is 960 g/mol. The van der Waals surface area contributed by atoms with Gasteiger partial charge in [-0.25, -0.2) is 19.2 Å². The molecular weight excluding hydrogens is 889 g/mol. The van der Waals surface area contributed by atoms with Crippen LogP contribution >= 0.6 is 0 Å². The van der Waals surface area contributed by atoms with E-state index in [0.717, 1.165) is 0 Å². The normalized spacial score (nSPS) is 41.0. The fourth-order valence-electron chi connectivity index (χ4n) is 9.91. The van der Waals surface area contributed by atoms with Crippen LogP contribution in [0.2, 0.25) is 0 Å². The molecule has 6 rings (SSSR count). The van der Waals surface area contributed by atoms with Crippen molar-refractivity contribution in [1.29, 1.82) is 0 Å². The molecule has 0 spiro atoms. The highest BCUT2D eigenvalue weighted by molar-refractivity contribution is 5.93. The van der Waals surface area contributed by atoms with Crippen LogP contribution in [0.5, 0.6) is 0 Å². The zero-order valence-electron chi connectivity index (χ0n) is 41.4. The molecule has 0 aromatic carbocycles. The zero-order valence-corrected chi connectivity index (χ0v) is 41.4. The lowest BCUT2D eigenvalue weighted by Gasteiger charge is -2.41. The van der Waals surface area contributed by atoms with Crippen LogP contribution in [0.25, 0.3) is 0 Å². The van der Waals surface area contributed by atoms with Gasteiger partial charge in [-0.15, -0.1) is 0 Å². The predicted octanol–water partition coefficient (Wildman–Crippen LogP) is 4.38. The highest BCUT2D eigenvalue weighted by Gasteiger charge is 2.67. The summed E-state index contributed by atoms with van der Waals surface area (Å²) in [5.74, 6) is -12.2. The Kier molecular flexibility index (Phi) is 16.4. The maximum absolute atomic E-state index is 12.8. The van der Waals surface area contributed by atoms with Gasteiger partial charge in [0.25, 0.3) is 0 Å². The third-order valence-corrected chi connectivity index (χ3v) is 14.9. The van der Waals surface area contributed by atoms with Crippen LogP contribution in [0.3, 0.4) is 0 Å². The van der Waals surface area contributed by atoms with Gasteiger partial charge in [0.15, 0.2) is 36.6 Å². The number of hydrogen-bond acceptors (Lipinski definition) is 18. The van der Waals surface area contributed by atoms with E-state index in [1.54, 1.807) is 67.5 Å². The summed E-state index contributed by atoms with van der Waals surface area (Å²) in [6.45, 7) is 27.6. The molecule has 6 aliphatic heterocycles. The van der Waals surface area contributed by atoms with Gasteiger partial charge in [0.05, 0.1) is 35.9 Å². The molecule has 0 aromatic heterocycles. The number of rotatable bonds is 10. The molecule has 0 amide bonds. The second kappa shape index (κ2) is 20.5. The summed E-state index contributed by atoms with van der Waals surface area (Å²) < 4.78 is 46.2. The summed E-state index contributed by atoms with van der Waals surface area (Å²) in [6, 6.07) is 0. The smallest absolute Gasteiger partial charge is 0.334 e. The van der Waals surface area contributed by atoms with Gasteiger partial charge in [-0.2, -0.15) is 0 Å². The Hall–Kier alpha value is -4.46. The third-order valence-electron chi connectivity index (χ3n) is 14.9. The standard InChI is InChI=1S/2C25H36O9/c2*1-8-12(3)21(26)32-19-17-15(6)23(28)31-18(17)20(33-22(27)13(4)9-2)24(7,29)11-16-10-14(5)25(19,30)34-16/h2*8,13-14,16-20,29-30H,6,9-11H2,1-5,7H3/b2*12-8-/t2*13-,14-,16+,17+,18+,19-,20-,24+,25-/m11/s1. The molecule has 68 heavy (non-hydrogen) atoms. The molecule has 0 saturated carbocycles. The Morgan fingerprint density at radius 2 is 0.971 bits per heavy atom. The Morgan fingerprint density at radius 3 is 1.26 bits per heavy atom. The first-order valence-corrected chi connectivity index (χ1v) is 23.7. The minimum atomic E-state index is -1.97. The molecule has 18 nitrogen and oxygen atoms in total. The van der Waals surface area contributed by atoms with Crippen LogP contribution in [-0.4, -0.2) is 128 Å². The average molecular weight is 961 g/mol. The maximum Gasteiger partial charge on any atom is 0.334 e. The molecule has 4 bridgehead atoms. The van der Waals surface area contributed by atoms with Crippen LogP contribution in [0.4, 0.5) is 0 Å². The summed E-state index contributed by atoms with van der Waals surface area (Å²) in [5.41, 5.74) is -2.88. The van der Waals surface area contributed by atoms with Gasteiger partial charge in [0, 0.05) is 47.0 Å². The van der Waals surface area contributed by atoms with E-state index in [0.29, 0.717) is 36.8 Å². The largest absolute Gasteiger partial charge is 0.455 e. The Balaban J connectivity index is 0.000000254. The molecule has 18 heteroatoms.